The Balaban J connectivity index is 0.000000260. The van der Waals surface area contributed by atoms with E-state index in [0.29, 0.717) is 12.1 Å². The Morgan fingerprint density at radius 2 is 0.960 bits per heavy atom. The van der Waals surface area contributed by atoms with Crippen molar-refractivity contribution < 1.29 is 33.9 Å². The number of hydrogen-bond acceptors (Lipinski definition) is 4. The van der Waals surface area contributed by atoms with Crippen molar-refractivity contribution in [3.8, 4) is 0 Å². The first-order valence-electron chi connectivity index (χ1n) is 18.2. The summed E-state index contributed by atoms with van der Waals surface area (Å²) in [6, 6.07) is 20.4. The maximum Gasteiger partial charge on any atom is 0.244 e. The maximum absolute atomic E-state index is 5.79. The number of aryl methyl sites for hydroxylation is 2. The van der Waals surface area contributed by atoms with Crippen LogP contribution in [0.5, 0.6) is 0 Å². The molecule has 12 heteroatoms. The van der Waals surface area contributed by atoms with Crippen molar-refractivity contribution in [3.05, 3.63) is 86.0 Å². The predicted octanol–water partition coefficient (Wildman–Crippen LogP) is 1.08. The van der Waals surface area contributed by atoms with E-state index in [4.69, 9.17) is 11.5 Å². The lowest BCUT2D eigenvalue weighted by atomic mass is 10.2. The fourth-order valence-corrected chi connectivity index (χ4v) is 9.35. The molecule has 2 aromatic heterocycles. The molecule has 4 aromatic rings. The molecular formula is C38H62Cl2N8Si2. The summed E-state index contributed by atoms with van der Waals surface area (Å²) in [5, 5.41) is 0. The van der Waals surface area contributed by atoms with E-state index in [2.05, 4.69) is 129 Å². The van der Waals surface area contributed by atoms with Gasteiger partial charge in [-0.05, 0) is 61.4 Å². The van der Waals surface area contributed by atoms with Crippen molar-refractivity contribution in [2.75, 3.05) is 47.4 Å². The van der Waals surface area contributed by atoms with Crippen LogP contribution < -0.4 is 55.2 Å². The van der Waals surface area contributed by atoms with Crippen LogP contribution >= 0.6 is 0 Å². The van der Waals surface area contributed by atoms with Crippen molar-refractivity contribution >= 4 is 38.9 Å². The number of nitrogens with two attached hydrogens (primary N) is 2. The van der Waals surface area contributed by atoms with Crippen LogP contribution in [-0.2, 0) is 13.1 Å². The zero-order valence-electron chi connectivity index (χ0n) is 31.3. The summed E-state index contributed by atoms with van der Waals surface area (Å²) in [7, 11) is -1.83. The van der Waals surface area contributed by atoms with E-state index in [0.717, 1.165) is 50.6 Å². The molecule has 2 unspecified atom stereocenters. The van der Waals surface area contributed by atoms with Crippen molar-refractivity contribution in [3.63, 3.8) is 0 Å². The Bertz CT molecular complexity index is 1440. The molecule has 0 aliphatic carbocycles. The average Bonchev–Trinajstić information content (AvgIpc) is 3.84. The average molecular weight is 758 g/mol. The molecule has 276 valence electrons. The second-order valence-electron chi connectivity index (χ2n) is 16.5. The third-order valence-corrected chi connectivity index (χ3v) is 13.5. The number of imidazole rings is 2. The largest absolute Gasteiger partial charge is 1.00 e. The molecule has 2 aliphatic heterocycles. The highest BCUT2D eigenvalue weighted by atomic mass is 35.5. The minimum Gasteiger partial charge on any atom is -1.00 e. The summed E-state index contributed by atoms with van der Waals surface area (Å²) in [5.41, 5.74) is 15.8. The molecule has 8 nitrogen and oxygen atoms in total. The molecule has 0 amide bonds. The minimum absolute atomic E-state index is 0. The molecule has 0 saturated carbocycles. The fourth-order valence-electron chi connectivity index (χ4n) is 6.91. The number of hydrogen-bond donors (Lipinski definition) is 2. The Hall–Kier alpha value is -2.93. The van der Waals surface area contributed by atoms with Crippen LogP contribution in [0.15, 0.2) is 86.0 Å². The lowest BCUT2D eigenvalue weighted by Crippen LogP contribution is -3.00. The van der Waals surface area contributed by atoms with Gasteiger partial charge in [-0.15, -0.1) is 0 Å². The van der Waals surface area contributed by atoms with Gasteiger partial charge in [-0.25, -0.2) is 18.3 Å². The number of nitrogen functional groups attached to an aromatic ring is 2. The van der Waals surface area contributed by atoms with Gasteiger partial charge in [-0.3, -0.25) is 0 Å². The maximum atomic E-state index is 5.79. The second-order valence-corrected chi connectivity index (χ2v) is 27.7. The molecule has 4 N–H and O–H groups in total. The lowest BCUT2D eigenvalue weighted by molar-refractivity contribution is -0.696. The van der Waals surface area contributed by atoms with Crippen LogP contribution in [0.3, 0.4) is 0 Å². The van der Waals surface area contributed by atoms with Gasteiger partial charge >= 0.3 is 0 Å². The number of rotatable bonds is 12. The third-order valence-electron chi connectivity index (χ3n) is 9.80. The Labute approximate surface area is 316 Å². The predicted molar refractivity (Wildman–Crippen MR) is 208 cm³/mol. The molecule has 4 heterocycles. The molecule has 2 saturated heterocycles. The van der Waals surface area contributed by atoms with Gasteiger partial charge in [0.1, 0.15) is 36.9 Å². The standard InChI is InChI=1S/2C19H31N4Si.2ClH/c2*1-24(2,3)14-4-10-21-12-13-23(16-21)19-9-11-22(15-19)18-7-5-17(20)6-8-18;;/h2*5-8,12-13,16,19H,4,9-11,14-15,20H2,1-3H3;2*1H/q2*+1;;/p-2. The molecule has 0 bridgehead atoms. The highest BCUT2D eigenvalue weighted by Crippen LogP contribution is 2.28. The van der Waals surface area contributed by atoms with E-state index in [1.807, 2.05) is 24.3 Å². The number of benzene rings is 2. The van der Waals surface area contributed by atoms with Gasteiger partial charge in [0.15, 0.2) is 0 Å². The Kier molecular flexibility index (Phi) is 15.4. The normalized spacial score (nSPS) is 17.6. The van der Waals surface area contributed by atoms with E-state index < -0.39 is 16.1 Å². The summed E-state index contributed by atoms with van der Waals surface area (Å²) >= 11 is 0. The Morgan fingerprint density at radius 3 is 1.30 bits per heavy atom. The summed E-state index contributed by atoms with van der Waals surface area (Å²) in [6.45, 7) is 21.4. The van der Waals surface area contributed by atoms with Crippen LogP contribution in [0.1, 0.15) is 37.8 Å². The van der Waals surface area contributed by atoms with Gasteiger partial charge in [0.25, 0.3) is 0 Å². The van der Waals surface area contributed by atoms with Crippen LogP contribution in [-0.4, -0.2) is 51.5 Å². The van der Waals surface area contributed by atoms with Gasteiger partial charge in [-0.1, -0.05) is 51.4 Å². The van der Waals surface area contributed by atoms with Gasteiger partial charge in [0.2, 0.25) is 12.7 Å². The van der Waals surface area contributed by atoms with Gasteiger partial charge in [0.05, 0.1) is 26.2 Å². The zero-order valence-corrected chi connectivity index (χ0v) is 34.8. The second kappa shape index (κ2) is 18.5. The van der Waals surface area contributed by atoms with Crippen molar-refractivity contribution in [1.82, 2.24) is 9.13 Å². The first-order valence-corrected chi connectivity index (χ1v) is 25.6. The number of anilines is 4. The first-order chi connectivity index (χ1) is 22.8. The van der Waals surface area contributed by atoms with Crippen LogP contribution in [0.4, 0.5) is 22.7 Å². The SMILES string of the molecule is C[Si](C)(C)CCC[n+]1ccn(C2CCN(c3ccc(N)cc3)C2)c1.C[Si](C)(C)CCC[n+]1ccn(C2CCN(c3ccc(N)cc3)C2)c1.[Cl-].[Cl-]. The molecule has 0 radical (unpaired) electrons. The fraction of sp³-hybridized carbons (Fsp3) is 0.526. The molecule has 0 spiro atoms. The molecule has 50 heavy (non-hydrogen) atoms. The quantitative estimate of drug-likeness (QED) is 0.129. The minimum atomic E-state index is -0.916. The lowest BCUT2D eigenvalue weighted by Gasteiger charge is -2.17. The molecule has 2 aromatic carbocycles. The topological polar surface area (TPSA) is 76.1 Å². The third kappa shape index (κ3) is 12.7. The summed E-state index contributed by atoms with van der Waals surface area (Å²) in [6.07, 6.45) is 18.5. The molecule has 6 rings (SSSR count). The van der Waals surface area contributed by atoms with Gasteiger partial charge in [-0.2, -0.15) is 0 Å². The van der Waals surface area contributed by atoms with Crippen molar-refractivity contribution in [2.45, 2.75) is 102 Å². The van der Waals surface area contributed by atoms with Crippen LogP contribution in [0.2, 0.25) is 51.4 Å². The van der Waals surface area contributed by atoms with E-state index in [1.54, 1.807) is 0 Å². The molecule has 2 aliphatic rings. The molecule has 2 atom stereocenters. The monoisotopic (exact) mass is 756 g/mol. The van der Waals surface area contributed by atoms with Gasteiger partial charge < -0.3 is 46.1 Å². The van der Waals surface area contributed by atoms with Crippen molar-refractivity contribution in [2.24, 2.45) is 0 Å². The Morgan fingerprint density at radius 1 is 0.600 bits per heavy atom. The van der Waals surface area contributed by atoms with E-state index in [9.17, 15) is 0 Å². The highest BCUT2D eigenvalue weighted by molar-refractivity contribution is 6.76. The number of nitrogens with zero attached hydrogens (tertiary/aromatic N) is 6. The van der Waals surface area contributed by atoms with Gasteiger partial charge in [0, 0.05) is 64.8 Å². The number of halogens is 2. The van der Waals surface area contributed by atoms with Crippen LogP contribution in [0, 0.1) is 0 Å². The van der Waals surface area contributed by atoms with E-state index in [-0.39, 0.29) is 24.8 Å². The summed E-state index contributed by atoms with van der Waals surface area (Å²) in [5.74, 6) is 0. The smallest absolute Gasteiger partial charge is 0.244 e. The number of aromatic nitrogens is 4. The molecular weight excluding hydrogens is 696 g/mol. The summed E-state index contributed by atoms with van der Waals surface area (Å²) in [4.78, 5) is 4.92. The van der Waals surface area contributed by atoms with E-state index in [1.165, 1.54) is 49.1 Å². The molecule has 2 fully saturated rings. The van der Waals surface area contributed by atoms with E-state index >= 15 is 0 Å². The van der Waals surface area contributed by atoms with Crippen LogP contribution in [0.25, 0.3) is 0 Å². The highest BCUT2D eigenvalue weighted by Gasteiger charge is 2.29. The zero-order chi connectivity index (χ0) is 34.3. The van der Waals surface area contributed by atoms with Crippen molar-refractivity contribution in [1.29, 1.82) is 0 Å². The first kappa shape index (κ1) is 41.5. The summed E-state index contributed by atoms with van der Waals surface area (Å²) < 4.78 is 9.50.